The highest BCUT2D eigenvalue weighted by molar-refractivity contribution is 5.92. The van der Waals surface area contributed by atoms with Gasteiger partial charge in [-0.25, -0.2) is 14.4 Å². The van der Waals surface area contributed by atoms with Crippen LogP contribution in [0.5, 0.6) is 28.7 Å². The van der Waals surface area contributed by atoms with Crippen LogP contribution in [0.2, 0.25) is 0 Å². The Bertz CT molecular complexity index is 3250. The van der Waals surface area contributed by atoms with E-state index in [4.69, 9.17) is 56.5 Å². The fourth-order valence-electron chi connectivity index (χ4n) is 8.39. The number of fused-ring (bicyclic) bond motifs is 1. The van der Waals surface area contributed by atoms with Crippen molar-refractivity contribution in [2.75, 3.05) is 6.61 Å². The SMILES string of the molecule is CC(=O)Oc1cc(-c2oc3cc(O)cc(OC(C)=O)c3c(=O)c2O[C@@H]2OC[C@H](OC(C)=O)[C@H](OC(C)=O)[C@H]2O[C@@H]2O[C@@H](C)[C@H](OC(=O)c3ccccc3)[C@@H](OC(=O)c3ccccc3)[C@H]2OC(=O)c2ccccc2)ccc1O. The summed E-state index contributed by atoms with van der Waals surface area (Å²) in [6.07, 6.45) is -15.8. The summed E-state index contributed by atoms with van der Waals surface area (Å²) < 4.78 is 72.1. The number of carbonyl (C=O) groups is 7. The maximum absolute atomic E-state index is 15.0. The van der Waals surface area contributed by atoms with E-state index < -0.39 is 149 Å². The molecule has 2 aliphatic heterocycles. The lowest BCUT2D eigenvalue weighted by Gasteiger charge is -2.47. The third-order valence-electron chi connectivity index (χ3n) is 11.6. The van der Waals surface area contributed by atoms with E-state index in [0.717, 1.165) is 52.0 Å². The first-order chi connectivity index (χ1) is 36.8. The first-order valence-corrected chi connectivity index (χ1v) is 23.6. The van der Waals surface area contributed by atoms with Gasteiger partial charge in [0.2, 0.25) is 17.5 Å². The van der Waals surface area contributed by atoms with Crippen molar-refractivity contribution in [2.45, 2.75) is 89.9 Å². The number of carbonyl (C=O) groups excluding carboxylic acids is 7. The van der Waals surface area contributed by atoms with Crippen molar-refractivity contribution in [3.8, 4) is 40.1 Å². The van der Waals surface area contributed by atoms with Gasteiger partial charge in [0.15, 0.2) is 60.2 Å². The van der Waals surface area contributed by atoms with Crippen LogP contribution in [0, 0.1) is 0 Å². The second kappa shape index (κ2) is 23.6. The van der Waals surface area contributed by atoms with E-state index >= 15 is 4.79 Å². The minimum atomic E-state index is -2.01. The van der Waals surface area contributed by atoms with Gasteiger partial charge in [-0.15, -0.1) is 0 Å². The van der Waals surface area contributed by atoms with Gasteiger partial charge in [-0.1, -0.05) is 54.6 Å². The van der Waals surface area contributed by atoms with Crippen LogP contribution in [-0.2, 0) is 57.1 Å². The van der Waals surface area contributed by atoms with Gasteiger partial charge in [-0.05, 0) is 61.5 Å². The van der Waals surface area contributed by atoms with Crippen molar-refractivity contribution in [2.24, 2.45) is 0 Å². The molecule has 6 aromatic rings. The second-order valence-electron chi connectivity index (χ2n) is 17.3. The Kier molecular flexibility index (Phi) is 16.6. The Morgan fingerprint density at radius 1 is 0.545 bits per heavy atom. The third kappa shape index (κ3) is 12.7. The molecule has 0 spiro atoms. The molecule has 77 heavy (non-hydrogen) atoms. The van der Waals surface area contributed by atoms with E-state index in [2.05, 4.69) is 0 Å². The van der Waals surface area contributed by atoms with Gasteiger partial charge < -0.3 is 66.7 Å². The quantitative estimate of drug-likeness (QED) is 0.0664. The van der Waals surface area contributed by atoms with Crippen LogP contribution in [0.3, 0.4) is 0 Å². The smallest absolute Gasteiger partial charge is 0.338 e. The number of phenolic OH excluding ortho intramolecular Hbond substituents is 2. The molecule has 400 valence electrons. The maximum Gasteiger partial charge on any atom is 0.338 e. The summed E-state index contributed by atoms with van der Waals surface area (Å²) in [5.74, 6) is -9.64. The molecule has 0 unspecified atom stereocenters. The summed E-state index contributed by atoms with van der Waals surface area (Å²) in [4.78, 5) is 107. The van der Waals surface area contributed by atoms with Crippen molar-refractivity contribution in [1.29, 1.82) is 0 Å². The Morgan fingerprint density at radius 3 is 1.62 bits per heavy atom. The van der Waals surface area contributed by atoms with Gasteiger partial charge >= 0.3 is 41.8 Å². The van der Waals surface area contributed by atoms with E-state index in [0.29, 0.717) is 0 Å². The zero-order valence-electron chi connectivity index (χ0n) is 41.5. The summed E-state index contributed by atoms with van der Waals surface area (Å²) in [6, 6.07) is 28.5. The number of rotatable bonds is 15. The van der Waals surface area contributed by atoms with E-state index in [9.17, 15) is 43.8 Å². The minimum Gasteiger partial charge on any atom is -0.508 e. The van der Waals surface area contributed by atoms with E-state index in [1.165, 1.54) is 49.4 Å². The average Bonchev–Trinajstić information content (AvgIpc) is 3.39. The van der Waals surface area contributed by atoms with Crippen LogP contribution >= 0.6 is 0 Å². The van der Waals surface area contributed by atoms with E-state index in [1.807, 2.05) is 0 Å². The van der Waals surface area contributed by atoms with Gasteiger partial charge in [-0.3, -0.25) is 24.0 Å². The molecular weight excluding hydrogens is 1010 g/mol. The van der Waals surface area contributed by atoms with E-state index in [-0.39, 0.29) is 27.8 Å². The van der Waals surface area contributed by atoms with Gasteiger partial charge in [-0.2, -0.15) is 0 Å². The van der Waals surface area contributed by atoms with Crippen LogP contribution in [0.25, 0.3) is 22.3 Å². The predicted molar refractivity (Wildman–Crippen MR) is 261 cm³/mol. The largest absolute Gasteiger partial charge is 0.508 e. The molecule has 2 fully saturated rings. The van der Waals surface area contributed by atoms with E-state index in [1.54, 1.807) is 54.6 Å². The van der Waals surface area contributed by atoms with Gasteiger partial charge in [0.05, 0.1) is 29.4 Å². The molecule has 1 aromatic heterocycles. The lowest BCUT2D eigenvalue weighted by atomic mass is 9.97. The molecule has 0 radical (unpaired) electrons. The van der Waals surface area contributed by atoms with Crippen LogP contribution in [0.1, 0.15) is 65.7 Å². The molecule has 0 amide bonds. The topological polar surface area (TPSA) is 292 Å². The Balaban J connectivity index is 1.30. The normalized spacial score (nSPS) is 21.9. The first kappa shape index (κ1) is 54.2. The number of hydrogen-bond donors (Lipinski definition) is 2. The van der Waals surface area contributed by atoms with Crippen molar-refractivity contribution in [3.63, 3.8) is 0 Å². The van der Waals surface area contributed by atoms with Crippen LogP contribution < -0.4 is 19.6 Å². The number of aromatic hydroxyl groups is 2. The van der Waals surface area contributed by atoms with Gasteiger partial charge in [0.25, 0.3) is 0 Å². The molecule has 0 aliphatic carbocycles. The second-order valence-corrected chi connectivity index (χ2v) is 17.3. The molecule has 0 bridgehead atoms. The average molecular weight is 1060 g/mol. The molecule has 22 heteroatoms. The van der Waals surface area contributed by atoms with Crippen molar-refractivity contribution in [3.05, 3.63) is 148 Å². The van der Waals surface area contributed by atoms with Crippen LogP contribution in [0.15, 0.2) is 131 Å². The Hall–Kier alpha value is -9.12. The first-order valence-electron chi connectivity index (χ1n) is 23.6. The molecular formula is C55H48O22. The van der Waals surface area contributed by atoms with Gasteiger partial charge in [0.1, 0.15) is 22.5 Å². The monoisotopic (exact) mass is 1060 g/mol. The Labute approximate surface area is 436 Å². The molecule has 2 N–H and O–H groups in total. The van der Waals surface area contributed by atoms with Crippen molar-refractivity contribution >= 4 is 52.8 Å². The molecule has 22 nitrogen and oxygen atoms in total. The van der Waals surface area contributed by atoms with Gasteiger partial charge in [0, 0.05) is 45.4 Å². The summed E-state index contributed by atoms with van der Waals surface area (Å²) in [5, 5.41) is 20.8. The number of phenols is 2. The number of ether oxygens (including phenoxy) is 11. The fraction of sp³-hybridized carbons (Fsp3) is 0.273. The standard InChI is InChI=1S/C55H48O22/c1-27-44(73-51(63)32-15-9-6-10-16-32)48(74-52(64)33-17-11-7-12-18-33)50(75-53(65)34-19-13-8-14-20-34)55(67-27)77-49-46(71-31(5)59)41(70-30(4)58)26-66-54(49)76-47-43(62)42-39(69-29(3)57)24-36(60)25-40(42)72-45(47)35-21-22-37(61)38(23-35)68-28(2)56/h6-25,27,41,44,46,48-50,54-55,60-61H,26H2,1-5H3/t27-,41-,44-,46-,48+,49+,50+,54-,55-/m0/s1. The summed E-state index contributed by atoms with van der Waals surface area (Å²) >= 11 is 0. The number of esters is 7. The maximum atomic E-state index is 15.0. The van der Waals surface area contributed by atoms with Crippen LogP contribution in [0.4, 0.5) is 0 Å². The molecule has 2 saturated heterocycles. The molecule has 9 atom stereocenters. The van der Waals surface area contributed by atoms with Crippen molar-refractivity contribution < 1.29 is 100 Å². The lowest BCUT2D eigenvalue weighted by molar-refractivity contribution is -0.343. The van der Waals surface area contributed by atoms with Crippen molar-refractivity contribution in [1.82, 2.24) is 0 Å². The zero-order chi connectivity index (χ0) is 55.1. The molecule has 3 heterocycles. The highest BCUT2D eigenvalue weighted by atomic mass is 16.8. The summed E-state index contributed by atoms with van der Waals surface area (Å²) in [6.45, 7) is 4.99. The molecule has 8 rings (SSSR count). The zero-order valence-corrected chi connectivity index (χ0v) is 41.5. The molecule has 0 saturated carbocycles. The number of benzene rings is 5. The highest BCUT2D eigenvalue weighted by Gasteiger charge is 2.56. The highest BCUT2D eigenvalue weighted by Crippen LogP contribution is 2.41. The lowest BCUT2D eigenvalue weighted by Crippen LogP contribution is -2.65. The fourth-order valence-corrected chi connectivity index (χ4v) is 8.39. The summed E-state index contributed by atoms with van der Waals surface area (Å²) in [7, 11) is 0. The molecule has 2 aliphatic rings. The third-order valence-corrected chi connectivity index (χ3v) is 11.6. The predicted octanol–water partition coefficient (Wildman–Crippen LogP) is 6.13. The Morgan fingerprint density at radius 2 is 1.08 bits per heavy atom. The molecule has 5 aromatic carbocycles. The summed E-state index contributed by atoms with van der Waals surface area (Å²) in [5.41, 5.74) is -1.45. The minimum absolute atomic E-state index is 0.00569. The number of hydrogen-bond acceptors (Lipinski definition) is 22. The van der Waals surface area contributed by atoms with Crippen LogP contribution in [-0.4, -0.2) is 114 Å².